The van der Waals surface area contributed by atoms with E-state index in [1.807, 2.05) is 54.6 Å². The lowest BCUT2D eigenvalue weighted by Gasteiger charge is -2.17. The van der Waals surface area contributed by atoms with Gasteiger partial charge in [-0.2, -0.15) is 0 Å². The predicted molar refractivity (Wildman–Crippen MR) is 91.3 cm³/mol. The van der Waals surface area contributed by atoms with E-state index in [-0.39, 0.29) is 24.3 Å². The Morgan fingerprint density at radius 2 is 1.79 bits per heavy atom. The molecule has 0 radical (unpaired) electrons. The maximum Gasteiger partial charge on any atom is 0.260 e. The van der Waals surface area contributed by atoms with E-state index >= 15 is 0 Å². The number of benzene rings is 2. The summed E-state index contributed by atoms with van der Waals surface area (Å²) >= 11 is 0. The molecule has 0 bridgehead atoms. The third kappa shape index (κ3) is 3.56. The van der Waals surface area contributed by atoms with Crippen molar-refractivity contribution in [2.75, 3.05) is 19.7 Å². The van der Waals surface area contributed by atoms with Crippen LogP contribution < -0.4 is 10.5 Å². The molecule has 1 saturated heterocycles. The monoisotopic (exact) mass is 324 g/mol. The van der Waals surface area contributed by atoms with E-state index < -0.39 is 0 Å². The minimum atomic E-state index is -0.347. The highest BCUT2D eigenvalue weighted by Crippen LogP contribution is 2.29. The summed E-state index contributed by atoms with van der Waals surface area (Å²) in [6.45, 7) is 0.892. The molecule has 5 heteroatoms. The van der Waals surface area contributed by atoms with Gasteiger partial charge in [0.15, 0.2) is 6.61 Å². The lowest BCUT2D eigenvalue weighted by atomic mass is 10.1. The Labute approximate surface area is 141 Å². The predicted octanol–water partition coefficient (Wildman–Crippen LogP) is 2.07. The first-order valence-corrected chi connectivity index (χ1v) is 7.99. The van der Waals surface area contributed by atoms with Crippen LogP contribution in [-0.4, -0.2) is 36.4 Å². The molecule has 24 heavy (non-hydrogen) atoms. The second kappa shape index (κ2) is 7.17. The maximum atomic E-state index is 12.3. The van der Waals surface area contributed by atoms with E-state index in [4.69, 9.17) is 10.5 Å². The van der Waals surface area contributed by atoms with Crippen molar-refractivity contribution in [2.24, 2.45) is 11.7 Å². The molecule has 0 unspecified atom stereocenters. The molecule has 2 amide bonds. The molecular formula is C19H20N2O3. The molecule has 1 fully saturated rings. The molecule has 0 spiro atoms. The van der Waals surface area contributed by atoms with Crippen molar-refractivity contribution in [1.82, 2.24) is 4.90 Å². The van der Waals surface area contributed by atoms with Crippen molar-refractivity contribution in [3.8, 4) is 16.9 Å². The molecule has 0 aliphatic carbocycles. The number of nitrogens with two attached hydrogens (primary N) is 1. The summed E-state index contributed by atoms with van der Waals surface area (Å²) in [5, 5.41) is 0. The van der Waals surface area contributed by atoms with Gasteiger partial charge in [-0.15, -0.1) is 0 Å². The van der Waals surface area contributed by atoms with Crippen LogP contribution in [0.1, 0.15) is 6.42 Å². The summed E-state index contributed by atoms with van der Waals surface area (Å²) in [7, 11) is 0. The minimum absolute atomic E-state index is 0.0463. The average Bonchev–Trinajstić information content (AvgIpc) is 3.11. The molecule has 1 heterocycles. The van der Waals surface area contributed by atoms with Gasteiger partial charge in [0.1, 0.15) is 5.75 Å². The molecule has 1 atom stereocenters. The zero-order valence-electron chi connectivity index (χ0n) is 13.4. The van der Waals surface area contributed by atoms with Crippen LogP contribution in [0.25, 0.3) is 11.1 Å². The number of nitrogens with zero attached hydrogens (tertiary/aromatic N) is 1. The highest BCUT2D eigenvalue weighted by atomic mass is 16.5. The van der Waals surface area contributed by atoms with Crippen LogP contribution >= 0.6 is 0 Å². The fraction of sp³-hybridized carbons (Fsp3) is 0.263. The van der Waals surface area contributed by atoms with E-state index in [0.717, 1.165) is 11.1 Å². The van der Waals surface area contributed by atoms with Gasteiger partial charge in [-0.25, -0.2) is 0 Å². The van der Waals surface area contributed by atoms with E-state index in [0.29, 0.717) is 25.3 Å². The third-order valence-corrected chi connectivity index (χ3v) is 4.27. The lowest BCUT2D eigenvalue weighted by Crippen LogP contribution is -2.34. The van der Waals surface area contributed by atoms with E-state index in [1.54, 1.807) is 4.90 Å². The van der Waals surface area contributed by atoms with Crippen molar-refractivity contribution in [3.63, 3.8) is 0 Å². The standard InChI is InChI=1S/C19H20N2O3/c20-19(23)15-10-11-21(12-15)18(22)13-24-17-9-5-4-8-16(17)14-6-2-1-3-7-14/h1-9,15H,10-13H2,(H2,20,23)/t15-/m0/s1. The van der Waals surface area contributed by atoms with Crippen molar-refractivity contribution in [3.05, 3.63) is 54.6 Å². The smallest absolute Gasteiger partial charge is 0.260 e. The van der Waals surface area contributed by atoms with Gasteiger partial charge in [-0.05, 0) is 18.1 Å². The summed E-state index contributed by atoms with van der Waals surface area (Å²) in [6, 6.07) is 17.5. The number of carbonyl (C=O) groups excluding carboxylic acids is 2. The normalized spacial score (nSPS) is 16.8. The summed E-state index contributed by atoms with van der Waals surface area (Å²) in [4.78, 5) is 25.1. The number of carbonyl (C=O) groups is 2. The molecule has 0 aromatic heterocycles. The van der Waals surface area contributed by atoms with E-state index in [2.05, 4.69) is 0 Å². The van der Waals surface area contributed by atoms with Crippen LogP contribution in [0.3, 0.4) is 0 Å². The Morgan fingerprint density at radius 3 is 2.50 bits per heavy atom. The molecule has 124 valence electrons. The Balaban J connectivity index is 1.65. The van der Waals surface area contributed by atoms with Gasteiger partial charge in [-0.3, -0.25) is 9.59 Å². The number of rotatable bonds is 5. The number of likely N-dealkylation sites (tertiary alicyclic amines) is 1. The Hall–Kier alpha value is -2.82. The quantitative estimate of drug-likeness (QED) is 0.915. The van der Waals surface area contributed by atoms with Crippen molar-refractivity contribution in [2.45, 2.75) is 6.42 Å². The Kier molecular flexibility index (Phi) is 4.79. The van der Waals surface area contributed by atoms with Crippen molar-refractivity contribution >= 4 is 11.8 Å². The summed E-state index contributed by atoms with van der Waals surface area (Å²) in [5.41, 5.74) is 7.29. The van der Waals surface area contributed by atoms with Gasteiger partial charge in [-0.1, -0.05) is 48.5 Å². The average molecular weight is 324 g/mol. The van der Waals surface area contributed by atoms with Gasteiger partial charge >= 0.3 is 0 Å². The van der Waals surface area contributed by atoms with E-state index in [1.165, 1.54) is 0 Å². The largest absolute Gasteiger partial charge is 0.483 e. The molecular weight excluding hydrogens is 304 g/mol. The number of para-hydroxylation sites is 1. The fourth-order valence-electron chi connectivity index (χ4n) is 2.90. The van der Waals surface area contributed by atoms with Gasteiger partial charge in [0.25, 0.3) is 5.91 Å². The SMILES string of the molecule is NC(=O)[C@H]1CCN(C(=O)COc2ccccc2-c2ccccc2)C1. The number of primary amides is 1. The Bertz CT molecular complexity index is 730. The Morgan fingerprint density at radius 1 is 1.08 bits per heavy atom. The van der Waals surface area contributed by atoms with Crippen molar-refractivity contribution in [1.29, 1.82) is 0 Å². The highest BCUT2D eigenvalue weighted by Gasteiger charge is 2.29. The molecule has 2 N–H and O–H groups in total. The third-order valence-electron chi connectivity index (χ3n) is 4.27. The molecule has 2 aromatic rings. The highest BCUT2D eigenvalue weighted by molar-refractivity contribution is 5.82. The van der Waals surface area contributed by atoms with Gasteiger partial charge < -0.3 is 15.4 Å². The molecule has 2 aromatic carbocycles. The van der Waals surface area contributed by atoms with Crippen LogP contribution in [0.5, 0.6) is 5.75 Å². The topological polar surface area (TPSA) is 72.6 Å². The molecule has 5 nitrogen and oxygen atoms in total. The number of ether oxygens (including phenoxy) is 1. The maximum absolute atomic E-state index is 12.3. The van der Waals surface area contributed by atoms with Crippen LogP contribution in [0, 0.1) is 5.92 Å². The van der Waals surface area contributed by atoms with Gasteiger partial charge in [0.05, 0.1) is 5.92 Å². The molecule has 1 aliphatic heterocycles. The second-order valence-corrected chi connectivity index (χ2v) is 5.88. The zero-order valence-corrected chi connectivity index (χ0v) is 13.4. The minimum Gasteiger partial charge on any atom is -0.483 e. The first-order chi connectivity index (χ1) is 11.6. The summed E-state index contributed by atoms with van der Waals surface area (Å²) in [6.07, 6.45) is 0.627. The molecule has 0 saturated carbocycles. The summed E-state index contributed by atoms with van der Waals surface area (Å²) in [5.74, 6) is -0.0458. The lowest BCUT2D eigenvalue weighted by molar-refractivity contribution is -0.132. The fourth-order valence-corrected chi connectivity index (χ4v) is 2.90. The number of amides is 2. The van der Waals surface area contributed by atoms with Crippen LogP contribution in [0.4, 0.5) is 0 Å². The van der Waals surface area contributed by atoms with Crippen molar-refractivity contribution < 1.29 is 14.3 Å². The number of hydrogen-bond donors (Lipinski definition) is 1. The van der Waals surface area contributed by atoms with Crippen LogP contribution in [0.2, 0.25) is 0 Å². The molecule has 3 rings (SSSR count). The summed E-state index contributed by atoms with van der Waals surface area (Å²) < 4.78 is 5.75. The van der Waals surface area contributed by atoms with E-state index in [9.17, 15) is 9.59 Å². The van der Waals surface area contributed by atoms with Gasteiger partial charge in [0.2, 0.25) is 5.91 Å². The zero-order chi connectivity index (χ0) is 16.9. The number of hydrogen-bond acceptors (Lipinski definition) is 3. The first-order valence-electron chi connectivity index (χ1n) is 7.99. The van der Waals surface area contributed by atoms with Crippen LogP contribution in [0.15, 0.2) is 54.6 Å². The second-order valence-electron chi connectivity index (χ2n) is 5.88. The van der Waals surface area contributed by atoms with Gasteiger partial charge in [0, 0.05) is 18.7 Å². The molecule has 1 aliphatic rings. The first kappa shape index (κ1) is 16.1. The van der Waals surface area contributed by atoms with Crippen LogP contribution in [-0.2, 0) is 9.59 Å².